The number of aliphatic hydroxyl groups is 3. The molecule has 10 atom stereocenters. The first-order valence-corrected chi connectivity index (χ1v) is 11.5. The average molecular weight is 380 g/mol. The zero-order chi connectivity index (χ0) is 19.4. The molecular formula is C23H41NO3. The Morgan fingerprint density at radius 3 is 2.52 bits per heavy atom. The summed E-state index contributed by atoms with van der Waals surface area (Å²) < 4.78 is 0. The van der Waals surface area contributed by atoms with Gasteiger partial charge in [0.05, 0.1) is 12.2 Å². The quantitative estimate of drug-likeness (QED) is 0.605. The molecule has 0 bridgehead atoms. The Morgan fingerprint density at radius 1 is 1.00 bits per heavy atom. The van der Waals surface area contributed by atoms with Gasteiger partial charge in [-0.25, -0.2) is 0 Å². The first-order valence-electron chi connectivity index (χ1n) is 11.5. The fourth-order valence-corrected chi connectivity index (χ4v) is 8.47. The Bertz CT molecular complexity index is 542. The average Bonchev–Trinajstić information content (AvgIpc) is 3.00. The third-order valence-corrected chi connectivity index (χ3v) is 10.0. The second kappa shape index (κ2) is 7.27. The number of fused-ring (bicyclic) bond motifs is 5. The molecule has 4 aliphatic rings. The lowest BCUT2D eigenvalue weighted by Gasteiger charge is -2.62. The minimum atomic E-state index is -0.265. The van der Waals surface area contributed by atoms with Crippen LogP contribution in [0.1, 0.15) is 78.1 Å². The molecule has 0 spiro atoms. The summed E-state index contributed by atoms with van der Waals surface area (Å²) >= 11 is 0. The van der Waals surface area contributed by atoms with E-state index in [9.17, 15) is 15.3 Å². The Balaban J connectivity index is 1.58. The van der Waals surface area contributed by atoms with Crippen LogP contribution in [-0.4, -0.2) is 40.2 Å². The van der Waals surface area contributed by atoms with Gasteiger partial charge in [0.2, 0.25) is 0 Å². The summed E-state index contributed by atoms with van der Waals surface area (Å²) in [6.45, 7) is 5.00. The van der Waals surface area contributed by atoms with Crippen LogP contribution < -0.4 is 5.73 Å². The number of rotatable bonds is 4. The van der Waals surface area contributed by atoms with Crippen LogP contribution in [-0.2, 0) is 0 Å². The summed E-state index contributed by atoms with van der Waals surface area (Å²) in [7, 11) is 0. The fourth-order valence-electron chi connectivity index (χ4n) is 8.47. The van der Waals surface area contributed by atoms with Crippen LogP contribution in [0.25, 0.3) is 0 Å². The topological polar surface area (TPSA) is 86.7 Å². The molecule has 0 unspecified atom stereocenters. The van der Waals surface area contributed by atoms with Crippen LogP contribution in [0.4, 0.5) is 0 Å². The van der Waals surface area contributed by atoms with Crippen molar-refractivity contribution in [2.24, 2.45) is 46.2 Å². The molecular weight excluding hydrogens is 338 g/mol. The SMILES string of the molecule is C[C@]12CC[C@@H](O)C[C@H]1CC[C@@H]1[C@@H]2C[C@H](O)[C@]2(C)[C@@H]([C@H](N)CCCO)CC[C@@H]12. The van der Waals surface area contributed by atoms with Crippen LogP contribution in [0.3, 0.4) is 0 Å². The Kier molecular flexibility index (Phi) is 5.42. The summed E-state index contributed by atoms with van der Waals surface area (Å²) in [5.74, 6) is 2.90. The number of hydrogen-bond donors (Lipinski definition) is 4. The monoisotopic (exact) mass is 379 g/mol. The van der Waals surface area contributed by atoms with E-state index in [2.05, 4.69) is 13.8 Å². The molecule has 27 heavy (non-hydrogen) atoms. The highest BCUT2D eigenvalue weighted by Crippen LogP contribution is 2.67. The van der Waals surface area contributed by atoms with Crippen molar-refractivity contribution in [3.8, 4) is 0 Å². The van der Waals surface area contributed by atoms with E-state index in [1.165, 1.54) is 19.3 Å². The van der Waals surface area contributed by atoms with E-state index < -0.39 is 0 Å². The molecule has 4 aliphatic carbocycles. The molecule has 0 aromatic heterocycles. The van der Waals surface area contributed by atoms with E-state index >= 15 is 0 Å². The van der Waals surface area contributed by atoms with Gasteiger partial charge in [0.25, 0.3) is 0 Å². The van der Waals surface area contributed by atoms with E-state index in [1.807, 2.05) is 0 Å². The zero-order valence-corrected chi connectivity index (χ0v) is 17.3. The fraction of sp³-hybridized carbons (Fsp3) is 1.00. The summed E-state index contributed by atoms with van der Waals surface area (Å²) in [6.07, 6.45) is 10.0. The second-order valence-electron chi connectivity index (χ2n) is 10.9. The summed E-state index contributed by atoms with van der Waals surface area (Å²) in [5, 5.41) is 30.8. The van der Waals surface area contributed by atoms with Gasteiger partial charge in [-0.05, 0) is 99.2 Å². The van der Waals surface area contributed by atoms with Crippen molar-refractivity contribution in [3.63, 3.8) is 0 Å². The minimum Gasteiger partial charge on any atom is -0.396 e. The van der Waals surface area contributed by atoms with Gasteiger partial charge in [0, 0.05) is 18.1 Å². The molecule has 0 radical (unpaired) electrons. The van der Waals surface area contributed by atoms with Gasteiger partial charge < -0.3 is 21.1 Å². The third-order valence-electron chi connectivity index (χ3n) is 10.0. The van der Waals surface area contributed by atoms with Crippen molar-refractivity contribution in [2.75, 3.05) is 6.61 Å². The number of hydrogen-bond acceptors (Lipinski definition) is 4. The molecule has 0 aliphatic heterocycles. The van der Waals surface area contributed by atoms with E-state index in [0.29, 0.717) is 35.0 Å². The lowest BCUT2D eigenvalue weighted by atomic mass is 9.44. The van der Waals surface area contributed by atoms with Gasteiger partial charge in [-0.1, -0.05) is 13.8 Å². The molecule has 0 aromatic carbocycles. The minimum absolute atomic E-state index is 0.0621. The van der Waals surface area contributed by atoms with Crippen LogP contribution in [0.15, 0.2) is 0 Å². The maximum absolute atomic E-state index is 11.4. The van der Waals surface area contributed by atoms with Gasteiger partial charge in [0.1, 0.15) is 0 Å². The highest BCUT2D eigenvalue weighted by Gasteiger charge is 2.63. The van der Waals surface area contributed by atoms with Crippen molar-refractivity contribution in [1.82, 2.24) is 0 Å². The normalized spacial score (nSPS) is 53.3. The Labute approximate surface area is 164 Å². The van der Waals surface area contributed by atoms with Crippen molar-refractivity contribution in [1.29, 1.82) is 0 Å². The van der Waals surface area contributed by atoms with E-state index in [4.69, 9.17) is 5.73 Å². The Hall–Kier alpha value is -0.160. The van der Waals surface area contributed by atoms with Crippen molar-refractivity contribution >= 4 is 0 Å². The van der Waals surface area contributed by atoms with Gasteiger partial charge in [-0.15, -0.1) is 0 Å². The smallest absolute Gasteiger partial charge is 0.0602 e. The lowest BCUT2D eigenvalue weighted by molar-refractivity contribution is -0.172. The molecule has 4 heteroatoms. The molecule has 5 N–H and O–H groups in total. The van der Waals surface area contributed by atoms with Crippen molar-refractivity contribution in [2.45, 2.75) is 96.3 Å². The van der Waals surface area contributed by atoms with Gasteiger partial charge in [-0.3, -0.25) is 0 Å². The number of nitrogens with two attached hydrogens (primary N) is 1. The summed E-state index contributed by atoms with van der Waals surface area (Å²) in [6, 6.07) is 0.0927. The van der Waals surface area contributed by atoms with E-state index in [-0.39, 0.29) is 30.3 Å². The predicted octanol–water partition coefficient (Wildman–Crippen LogP) is 3.08. The molecule has 156 valence electrons. The molecule has 0 saturated heterocycles. The zero-order valence-electron chi connectivity index (χ0n) is 17.3. The molecule has 0 heterocycles. The van der Waals surface area contributed by atoms with E-state index in [0.717, 1.165) is 44.9 Å². The lowest BCUT2D eigenvalue weighted by Crippen LogP contribution is -2.59. The molecule has 4 rings (SSSR count). The van der Waals surface area contributed by atoms with Crippen molar-refractivity contribution in [3.05, 3.63) is 0 Å². The standard InChI is InChI=1S/C23H41NO3/c1-22-10-9-15(26)12-14(22)5-6-16-17-7-8-18(20(24)4-3-11-25)23(17,2)21(27)13-19(16)22/h14-21,25-27H,3-13,24H2,1-2H3/t14-,15-,16+,17+,18-,19+,20-,21+,22+,23+/m1/s1. The van der Waals surface area contributed by atoms with Crippen LogP contribution >= 0.6 is 0 Å². The molecule has 0 aromatic rings. The Morgan fingerprint density at radius 2 is 1.78 bits per heavy atom. The number of aliphatic hydroxyl groups excluding tert-OH is 3. The second-order valence-corrected chi connectivity index (χ2v) is 10.9. The molecule has 4 saturated carbocycles. The largest absolute Gasteiger partial charge is 0.396 e. The first-order chi connectivity index (χ1) is 12.8. The van der Waals surface area contributed by atoms with Crippen LogP contribution in [0.2, 0.25) is 0 Å². The highest BCUT2D eigenvalue weighted by atomic mass is 16.3. The van der Waals surface area contributed by atoms with Crippen molar-refractivity contribution < 1.29 is 15.3 Å². The van der Waals surface area contributed by atoms with Gasteiger partial charge in [-0.2, -0.15) is 0 Å². The molecule has 4 nitrogen and oxygen atoms in total. The van der Waals surface area contributed by atoms with Gasteiger partial charge >= 0.3 is 0 Å². The van der Waals surface area contributed by atoms with Gasteiger partial charge in [0.15, 0.2) is 0 Å². The molecule has 0 amide bonds. The maximum Gasteiger partial charge on any atom is 0.0602 e. The van der Waals surface area contributed by atoms with Crippen LogP contribution in [0, 0.1) is 40.4 Å². The summed E-state index contributed by atoms with van der Waals surface area (Å²) in [4.78, 5) is 0. The van der Waals surface area contributed by atoms with Crippen LogP contribution in [0.5, 0.6) is 0 Å². The first kappa shape index (κ1) is 20.1. The summed E-state index contributed by atoms with van der Waals surface area (Å²) in [5.41, 5.74) is 6.82. The highest BCUT2D eigenvalue weighted by molar-refractivity contribution is 5.13. The van der Waals surface area contributed by atoms with E-state index in [1.54, 1.807) is 0 Å². The predicted molar refractivity (Wildman–Crippen MR) is 107 cm³/mol. The molecule has 4 fully saturated rings. The maximum atomic E-state index is 11.4. The third kappa shape index (κ3) is 3.01.